The SMILES string of the molecule is C[C@@H](O)[C@@H](C(=O)N1[C@@H]2CC3CCC2(CS1(=O)=O)C3(C)C)N(NC(=O)OC(C)(C)C)C(=O)OC(C)(C)C. The molecule has 3 amide bonds. The summed E-state index contributed by atoms with van der Waals surface area (Å²) in [6.45, 7) is 15.0. The van der Waals surface area contributed by atoms with E-state index < -0.39 is 62.9 Å². The Kier molecular flexibility index (Phi) is 6.92. The second kappa shape index (κ2) is 8.75. The van der Waals surface area contributed by atoms with Gasteiger partial charge in [-0.15, -0.1) is 0 Å². The number of sulfonamides is 1. The topological polar surface area (TPSA) is 143 Å². The van der Waals surface area contributed by atoms with E-state index in [2.05, 4.69) is 19.3 Å². The molecule has 206 valence electrons. The lowest BCUT2D eigenvalue weighted by Crippen LogP contribution is -2.63. The number of hydrogen-bond acceptors (Lipinski definition) is 8. The van der Waals surface area contributed by atoms with Crippen LogP contribution in [0.25, 0.3) is 0 Å². The van der Waals surface area contributed by atoms with E-state index in [1.807, 2.05) is 0 Å². The number of carbonyl (C=O) groups is 3. The number of carbonyl (C=O) groups excluding carboxylic acids is 3. The highest BCUT2D eigenvalue weighted by Gasteiger charge is 2.72. The van der Waals surface area contributed by atoms with Gasteiger partial charge < -0.3 is 14.6 Å². The third-order valence-corrected chi connectivity index (χ3v) is 9.73. The van der Waals surface area contributed by atoms with Gasteiger partial charge in [0.15, 0.2) is 6.04 Å². The first-order valence-corrected chi connectivity index (χ1v) is 14.0. The van der Waals surface area contributed by atoms with Crippen LogP contribution in [0.4, 0.5) is 9.59 Å². The largest absolute Gasteiger partial charge is 0.443 e. The molecular formula is C24H41N3O8S. The zero-order valence-corrected chi connectivity index (χ0v) is 23.6. The number of rotatable bonds is 3. The maximum atomic E-state index is 14.0. The number of aliphatic hydroxyl groups is 1. The van der Waals surface area contributed by atoms with Gasteiger partial charge in [0.1, 0.15) is 11.2 Å². The maximum absolute atomic E-state index is 14.0. The average molecular weight is 532 g/mol. The molecule has 11 nitrogen and oxygen atoms in total. The number of fused-ring (bicyclic) bond motifs is 1. The molecule has 5 atom stereocenters. The molecule has 0 aromatic rings. The van der Waals surface area contributed by atoms with Crippen LogP contribution < -0.4 is 5.43 Å². The van der Waals surface area contributed by atoms with Gasteiger partial charge in [-0.25, -0.2) is 32.7 Å². The number of nitrogens with zero attached hydrogens (tertiary/aromatic N) is 2. The Labute approximate surface area is 213 Å². The molecule has 0 radical (unpaired) electrons. The molecule has 1 saturated heterocycles. The quantitative estimate of drug-likeness (QED) is 0.529. The molecule has 12 heteroatoms. The van der Waals surface area contributed by atoms with Crippen molar-refractivity contribution in [2.45, 2.75) is 111 Å². The van der Waals surface area contributed by atoms with Crippen LogP contribution in [0.15, 0.2) is 0 Å². The number of ether oxygens (including phenoxy) is 2. The number of aliphatic hydroxyl groups excluding tert-OH is 1. The van der Waals surface area contributed by atoms with Gasteiger partial charge in [-0.3, -0.25) is 4.79 Å². The van der Waals surface area contributed by atoms with Crippen molar-refractivity contribution in [1.29, 1.82) is 0 Å². The Bertz CT molecular complexity index is 1030. The second-order valence-corrected chi connectivity index (χ2v) is 14.8. The third kappa shape index (κ3) is 4.90. The predicted molar refractivity (Wildman–Crippen MR) is 131 cm³/mol. The van der Waals surface area contributed by atoms with Gasteiger partial charge in [0.2, 0.25) is 10.0 Å². The molecule has 2 saturated carbocycles. The summed E-state index contributed by atoms with van der Waals surface area (Å²) in [4.78, 5) is 39.7. The first-order valence-electron chi connectivity index (χ1n) is 12.4. The Balaban J connectivity index is 2.01. The highest BCUT2D eigenvalue weighted by Crippen LogP contribution is 2.70. The Morgan fingerprint density at radius 2 is 1.64 bits per heavy atom. The van der Waals surface area contributed by atoms with Crippen LogP contribution in [0, 0.1) is 16.7 Å². The van der Waals surface area contributed by atoms with Crippen molar-refractivity contribution in [1.82, 2.24) is 14.7 Å². The fraction of sp³-hybridized carbons (Fsp3) is 0.875. The average Bonchev–Trinajstić information content (AvgIpc) is 3.11. The summed E-state index contributed by atoms with van der Waals surface area (Å²) in [5.41, 5.74) is -0.586. The van der Waals surface area contributed by atoms with Crippen molar-refractivity contribution >= 4 is 28.1 Å². The smallest absolute Gasteiger partial charge is 0.430 e. The van der Waals surface area contributed by atoms with E-state index in [1.54, 1.807) is 41.5 Å². The monoisotopic (exact) mass is 531 g/mol. The van der Waals surface area contributed by atoms with E-state index in [1.165, 1.54) is 6.92 Å². The molecule has 2 N–H and O–H groups in total. The molecule has 3 fully saturated rings. The van der Waals surface area contributed by atoms with Crippen LogP contribution in [-0.2, 0) is 24.3 Å². The molecular weight excluding hydrogens is 490 g/mol. The van der Waals surface area contributed by atoms with Crippen LogP contribution in [0.5, 0.6) is 0 Å². The lowest BCUT2D eigenvalue weighted by Gasteiger charge is -2.39. The minimum atomic E-state index is -4.04. The number of hydrazine groups is 1. The zero-order chi connectivity index (χ0) is 27.6. The standard InChI is InChI=1S/C24H41N3O8S/c1-14(28)17(26(20(31)35-22(5,6)7)25-19(30)34-21(2,3)4)18(29)27-16-12-15-10-11-24(16,23(15,8)9)13-36(27,32)33/h14-17,28H,10-13H2,1-9H3,(H,25,30)/t14-,15?,16-,17+,24?/m1/s1. The lowest BCUT2D eigenvalue weighted by molar-refractivity contribution is -0.140. The molecule has 1 spiro atoms. The normalized spacial score (nSPS) is 29.8. The Morgan fingerprint density at radius 3 is 2.11 bits per heavy atom. The van der Waals surface area contributed by atoms with Crippen molar-refractivity contribution in [3.8, 4) is 0 Å². The van der Waals surface area contributed by atoms with Crippen LogP contribution in [0.2, 0.25) is 0 Å². The second-order valence-electron chi connectivity index (χ2n) is 12.9. The molecule has 1 aliphatic heterocycles. The molecule has 0 aromatic carbocycles. The molecule has 3 rings (SSSR count). The fourth-order valence-electron chi connectivity index (χ4n) is 6.18. The van der Waals surface area contributed by atoms with Crippen molar-refractivity contribution in [3.05, 3.63) is 0 Å². The van der Waals surface area contributed by atoms with Crippen LogP contribution in [0.1, 0.15) is 81.6 Å². The lowest BCUT2D eigenvalue weighted by atomic mass is 9.69. The van der Waals surface area contributed by atoms with E-state index in [0.717, 1.165) is 10.7 Å². The summed E-state index contributed by atoms with van der Waals surface area (Å²) >= 11 is 0. The van der Waals surface area contributed by atoms with Crippen LogP contribution in [0.3, 0.4) is 0 Å². The molecule has 2 bridgehead atoms. The predicted octanol–water partition coefficient (Wildman–Crippen LogP) is 2.78. The maximum Gasteiger partial charge on any atom is 0.430 e. The molecule has 2 unspecified atom stereocenters. The van der Waals surface area contributed by atoms with Gasteiger partial charge in [0.05, 0.1) is 17.9 Å². The van der Waals surface area contributed by atoms with Crippen molar-refractivity contribution in [2.75, 3.05) is 5.75 Å². The van der Waals surface area contributed by atoms with Gasteiger partial charge in [-0.2, -0.15) is 0 Å². The highest BCUT2D eigenvalue weighted by atomic mass is 32.2. The summed E-state index contributed by atoms with van der Waals surface area (Å²) in [6.07, 6.45) is -1.63. The molecule has 1 heterocycles. The Morgan fingerprint density at radius 1 is 1.08 bits per heavy atom. The van der Waals surface area contributed by atoms with Gasteiger partial charge >= 0.3 is 12.2 Å². The van der Waals surface area contributed by atoms with E-state index in [0.29, 0.717) is 17.9 Å². The van der Waals surface area contributed by atoms with Crippen LogP contribution >= 0.6 is 0 Å². The van der Waals surface area contributed by atoms with E-state index >= 15 is 0 Å². The first kappa shape index (κ1) is 28.5. The number of nitrogens with one attached hydrogen (secondary N) is 1. The molecule has 0 aromatic heterocycles. The summed E-state index contributed by atoms with van der Waals surface area (Å²) in [7, 11) is -4.04. The minimum absolute atomic E-state index is 0.168. The fourth-order valence-corrected chi connectivity index (χ4v) is 8.74. The minimum Gasteiger partial charge on any atom is -0.443 e. The van der Waals surface area contributed by atoms with E-state index in [-0.39, 0.29) is 17.1 Å². The summed E-state index contributed by atoms with van der Waals surface area (Å²) in [5.74, 6) is -0.893. The van der Waals surface area contributed by atoms with E-state index in [4.69, 9.17) is 9.47 Å². The summed E-state index contributed by atoms with van der Waals surface area (Å²) < 4.78 is 38.3. The van der Waals surface area contributed by atoms with Gasteiger partial charge in [-0.05, 0) is 79.1 Å². The van der Waals surface area contributed by atoms with Crippen molar-refractivity contribution < 1.29 is 37.4 Å². The van der Waals surface area contributed by atoms with Gasteiger partial charge in [0.25, 0.3) is 5.91 Å². The van der Waals surface area contributed by atoms with Gasteiger partial charge in [-0.1, -0.05) is 13.8 Å². The van der Waals surface area contributed by atoms with Gasteiger partial charge in [0, 0.05) is 5.41 Å². The molecule has 3 aliphatic rings. The summed E-state index contributed by atoms with van der Waals surface area (Å²) in [6, 6.07) is -2.34. The third-order valence-electron chi connectivity index (χ3n) is 7.82. The van der Waals surface area contributed by atoms with Crippen molar-refractivity contribution in [3.63, 3.8) is 0 Å². The number of hydrogen-bond donors (Lipinski definition) is 2. The van der Waals surface area contributed by atoms with E-state index in [9.17, 15) is 27.9 Å². The molecule has 36 heavy (non-hydrogen) atoms. The van der Waals surface area contributed by atoms with Crippen molar-refractivity contribution in [2.24, 2.45) is 16.7 Å². The molecule has 2 aliphatic carbocycles. The highest BCUT2D eigenvalue weighted by molar-refractivity contribution is 7.90. The Hall–Kier alpha value is -2.08. The zero-order valence-electron chi connectivity index (χ0n) is 22.7. The summed E-state index contributed by atoms with van der Waals surface area (Å²) in [5, 5.41) is 11.2. The first-order chi connectivity index (χ1) is 16.1. The number of amides is 3. The van der Waals surface area contributed by atoms with Crippen LogP contribution in [-0.4, -0.2) is 76.1 Å².